The van der Waals surface area contributed by atoms with Crippen LogP contribution in [0.4, 0.5) is 0 Å². The summed E-state index contributed by atoms with van der Waals surface area (Å²) >= 11 is 1.81. The van der Waals surface area contributed by atoms with Gasteiger partial charge in [-0.25, -0.2) is 4.79 Å². The Hall–Kier alpha value is -1.85. The first-order valence-electron chi connectivity index (χ1n) is 6.99. The molecule has 1 unspecified atom stereocenters. The molecule has 0 aliphatic heterocycles. The van der Waals surface area contributed by atoms with E-state index >= 15 is 0 Å². The molecule has 0 aliphatic carbocycles. The highest BCUT2D eigenvalue weighted by molar-refractivity contribution is 7.12. The van der Waals surface area contributed by atoms with Gasteiger partial charge < -0.3 is 9.73 Å². The van der Waals surface area contributed by atoms with Gasteiger partial charge in [0.1, 0.15) is 0 Å². The fourth-order valence-electron chi connectivity index (χ4n) is 2.54. The van der Waals surface area contributed by atoms with Crippen LogP contribution in [0.1, 0.15) is 28.3 Å². The molecule has 2 heterocycles. The molecule has 4 nitrogen and oxygen atoms in total. The van der Waals surface area contributed by atoms with Crippen molar-refractivity contribution in [3.05, 3.63) is 56.2 Å². The van der Waals surface area contributed by atoms with Crippen LogP contribution >= 0.6 is 11.3 Å². The molecule has 1 aromatic carbocycles. The predicted octanol–water partition coefficient (Wildman–Crippen LogP) is 3.06. The van der Waals surface area contributed by atoms with Gasteiger partial charge in [-0.15, -0.1) is 11.3 Å². The topological polar surface area (TPSA) is 47.2 Å². The summed E-state index contributed by atoms with van der Waals surface area (Å²) < 4.78 is 6.80. The number of hydrogen-bond acceptors (Lipinski definition) is 4. The summed E-state index contributed by atoms with van der Waals surface area (Å²) in [6.07, 6.45) is 1.05. The zero-order chi connectivity index (χ0) is 15.0. The molecule has 5 heteroatoms. The van der Waals surface area contributed by atoms with Crippen molar-refractivity contribution in [2.24, 2.45) is 7.05 Å². The Labute approximate surface area is 127 Å². The van der Waals surface area contributed by atoms with Crippen molar-refractivity contribution < 1.29 is 4.42 Å². The standard InChI is InChI=1S/C16H18N2O2S/c1-4-11-6-8-14(21-11)15(17-2)10-5-7-12-13(9-10)20-16(19)18(12)3/h5-9,15,17H,4H2,1-3H3. The Morgan fingerprint density at radius 3 is 2.81 bits per heavy atom. The number of oxazole rings is 1. The predicted molar refractivity (Wildman–Crippen MR) is 86.1 cm³/mol. The minimum Gasteiger partial charge on any atom is -0.408 e. The summed E-state index contributed by atoms with van der Waals surface area (Å²) in [6.45, 7) is 2.16. The first kappa shape index (κ1) is 14.1. The lowest BCUT2D eigenvalue weighted by molar-refractivity contribution is 0.527. The maximum atomic E-state index is 11.6. The third kappa shape index (κ3) is 2.43. The van der Waals surface area contributed by atoms with Gasteiger partial charge in [0.2, 0.25) is 0 Å². The van der Waals surface area contributed by atoms with Crippen molar-refractivity contribution in [2.75, 3.05) is 7.05 Å². The van der Waals surface area contributed by atoms with Crippen LogP contribution in [-0.2, 0) is 13.5 Å². The van der Waals surface area contributed by atoms with Crippen molar-refractivity contribution in [3.8, 4) is 0 Å². The van der Waals surface area contributed by atoms with Crippen molar-refractivity contribution >= 4 is 22.4 Å². The minimum absolute atomic E-state index is 0.116. The number of hydrogen-bond donors (Lipinski definition) is 1. The molecule has 3 aromatic rings. The van der Waals surface area contributed by atoms with E-state index in [4.69, 9.17) is 4.42 Å². The maximum Gasteiger partial charge on any atom is 0.419 e. The normalized spacial score (nSPS) is 12.9. The van der Waals surface area contributed by atoms with Gasteiger partial charge in [0.15, 0.2) is 5.58 Å². The molecular weight excluding hydrogens is 284 g/mol. The molecule has 21 heavy (non-hydrogen) atoms. The zero-order valence-corrected chi connectivity index (χ0v) is 13.2. The van der Waals surface area contributed by atoms with Crippen LogP contribution in [-0.4, -0.2) is 11.6 Å². The van der Waals surface area contributed by atoms with Gasteiger partial charge in [-0.3, -0.25) is 4.57 Å². The van der Waals surface area contributed by atoms with Crippen LogP contribution in [0.25, 0.3) is 11.1 Å². The number of aryl methyl sites for hydroxylation is 2. The van der Waals surface area contributed by atoms with Gasteiger partial charge in [0.05, 0.1) is 11.6 Å². The second-order valence-corrected chi connectivity index (χ2v) is 6.23. The van der Waals surface area contributed by atoms with Gasteiger partial charge >= 0.3 is 5.76 Å². The minimum atomic E-state index is -0.326. The van der Waals surface area contributed by atoms with E-state index in [1.165, 1.54) is 14.3 Å². The molecule has 110 valence electrons. The van der Waals surface area contributed by atoms with E-state index in [1.54, 1.807) is 7.05 Å². The van der Waals surface area contributed by atoms with Crippen molar-refractivity contribution in [3.63, 3.8) is 0 Å². The summed E-state index contributed by atoms with van der Waals surface area (Å²) in [5.41, 5.74) is 2.55. The quantitative estimate of drug-likeness (QED) is 0.805. The Bertz CT molecular complexity index is 828. The highest BCUT2D eigenvalue weighted by Gasteiger charge is 2.16. The van der Waals surface area contributed by atoms with Crippen LogP contribution in [0.15, 0.2) is 39.5 Å². The van der Waals surface area contributed by atoms with Gasteiger partial charge in [-0.05, 0) is 43.3 Å². The molecule has 0 aliphatic rings. The SMILES string of the molecule is CCc1ccc(C(NC)c2ccc3c(c2)oc(=O)n3C)s1. The van der Waals surface area contributed by atoms with Crippen LogP contribution < -0.4 is 11.1 Å². The van der Waals surface area contributed by atoms with Crippen LogP contribution in [0.3, 0.4) is 0 Å². The molecule has 0 amide bonds. The lowest BCUT2D eigenvalue weighted by Gasteiger charge is -2.15. The lowest BCUT2D eigenvalue weighted by atomic mass is 10.1. The Morgan fingerprint density at radius 1 is 1.33 bits per heavy atom. The van der Waals surface area contributed by atoms with E-state index in [-0.39, 0.29) is 11.8 Å². The molecule has 0 saturated carbocycles. The first-order chi connectivity index (χ1) is 10.1. The van der Waals surface area contributed by atoms with E-state index < -0.39 is 0 Å². The highest BCUT2D eigenvalue weighted by atomic mass is 32.1. The van der Waals surface area contributed by atoms with Crippen molar-refractivity contribution in [2.45, 2.75) is 19.4 Å². The summed E-state index contributed by atoms with van der Waals surface area (Å²) in [5.74, 6) is -0.326. The summed E-state index contributed by atoms with van der Waals surface area (Å²) in [5, 5.41) is 3.34. The Morgan fingerprint density at radius 2 is 2.14 bits per heavy atom. The largest absolute Gasteiger partial charge is 0.419 e. The number of rotatable bonds is 4. The fraction of sp³-hybridized carbons (Fsp3) is 0.312. The Balaban J connectivity index is 2.06. The lowest BCUT2D eigenvalue weighted by Crippen LogP contribution is -2.16. The zero-order valence-electron chi connectivity index (χ0n) is 12.3. The van der Waals surface area contributed by atoms with Crippen molar-refractivity contribution in [1.82, 2.24) is 9.88 Å². The number of aromatic nitrogens is 1. The molecule has 2 aromatic heterocycles. The van der Waals surface area contributed by atoms with E-state index in [0.29, 0.717) is 5.58 Å². The molecule has 0 radical (unpaired) electrons. The van der Waals surface area contributed by atoms with E-state index in [2.05, 4.69) is 24.4 Å². The average molecular weight is 302 g/mol. The van der Waals surface area contributed by atoms with Gasteiger partial charge in [-0.1, -0.05) is 13.0 Å². The molecule has 0 fully saturated rings. The summed E-state index contributed by atoms with van der Waals surface area (Å²) in [7, 11) is 3.66. The van der Waals surface area contributed by atoms with Gasteiger partial charge in [-0.2, -0.15) is 0 Å². The van der Waals surface area contributed by atoms with E-state index in [9.17, 15) is 4.79 Å². The molecular formula is C16H18N2O2S. The second kappa shape index (κ2) is 5.50. The highest BCUT2D eigenvalue weighted by Crippen LogP contribution is 2.30. The monoisotopic (exact) mass is 302 g/mol. The molecule has 1 atom stereocenters. The summed E-state index contributed by atoms with van der Waals surface area (Å²) in [4.78, 5) is 14.2. The number of fused-ring (bicyclic) bond motifs is 1. The number of nitrogens with one attached hydrogen (secondary N) is 1. The third-order valence-corrected chi connectivity index (χ3v) is 5.05. The number of nitrogens with zero attached hydrogens (tertiary/aromatic N) is 1. The number of benzene rings is 1. The molecule has 0 bridgehead atoms. The van der Waals surface area contributed by atoms with Crippen molar-refractivity contribution in [1.29, 1.82) is 0 Å². The second-order valence-electron chi connectivity index (χ2n) is 5.03. The van der Waals surface area contributed by atoms with Crippen LogP contribution in [0.2, 0.25) is 0 Å². The van der Waals surface area contributed by atoms with Gasteiger partial charge in [0, 0.05) is 16.8 Å². The summed E-state index contributed by atoms with van der Waals surface area (Å²) in [6, 6.07) is 10.4. The van der Waals surface area contributed by atoms with E-state index in [1.807, 2.05) is 36.6 Å². The smallest absolute Gasteiger partial charge is 0.408 e. The molecule has 1 N–H and O–H groups in total. The number of thiophene rings is 1. The molecule has 0 saturated heterocycles. The average Bonchev–Trinajstić information content (AvgIpc) is 3.06. The van der Waals surface area contributed by atoms with Crippen LogP contribution in [0, 0.1) is 0 Å². The van der Waals surface area contributed by atoms with Gasteiger partial charge in [0.25, 0.3) is 0 Å². The Kier molecular flexibility index (Phi) is 3.69. The first-order valence-corrected chi connectivity index (χ1v) is 7.81. The van der Waals surface area contributed by atoms with E-state index in [0.717, 1.165) is 17.5 Å². The third-order valence-electron chi connectivity index (χ3n) is 3.75. The molecule has 3 rings (SSSR count). The maximum absolute atomic E-state index is 11.6. The fourth-order valence-corrected chi connectivity index (χ4v) is 3.63. The molecule has 0 spiro atoms. The van der Waals surface area contributed by atoms with Crippen LogP contribution in [0.5, 0.6) is 0 Å².